The van der Waals surface area contributed by atoms with Crippen LogP contribution in [0, 0.1) is 0 Å². The van der Waals surface area contributed by atoms with Gasteiger partial charge in [0.1, 0.15) is 24.4 Å². The number of aldehydes is 1. The fourth-order valence-corrected chi connectivity index (χ4v) is 1.85. The highest BCUT2D eigenvalue weighted by atomic mass is 16.6. The van der Waals surface area contributed by atoms with Crippen molar-refractivity contribution in [3.8, 4) is 0 Å². The molecule has 20 heavy (non-hydrogen) atoms. The summed E-state index contributed by atoms with van der Waals surface area (Å²) >= 11 is 0. The summed E-state index contributed by atoms with van der Waals surface area (Å²) in [6.45, 7) is -0.429. The Bertz CT molecular complexity index is 338. The molecule has 1 rings (SSSR count). The van der Waals surface area contributed by atoms with Crippen molar-refractivity contribution in [2.45, 2.75) is 43.0 Å². The second kappa shape index (κ2) is 7.62. The lowest BCUT2D eigenvalue weighted by molar-refractivity contribution is -0.171. The average molecular weight is 293 g/mol. The van der Waals surface area contributed by atoms with E-state index in [1.54, 1.807) is 0 Å². The molecule has 0 saturated carbocycles. The number of nitrogens with one attached hydrogen (secondary N) is 1. The third-order valence-electron chi connectivity index (χ3n) is 3.10. The highest BCUT2D eigenvalue weighted by Gasteiger charge is 2.38. The standard InChI is InChI=1S/C11H19NO8/c13-3-6(16)9(17)10(18)7(4-14)20-11(19)8-5(15)1-2-12-8/h4-10,12-13,15-18H,1-3H2/t5?,6-,7+,8?,9-,10-/m1/s1. The van der Waals surface area contributed by atoms with Gasteiger partial charge in [-0.15, -0.1) is 0 Å². The van der Waals surface area contributed by atoms with E-state index in [4.69, 9.17) is 14.9 Å². The van der Waals surface area contributed by atoms with Gasteiger partial charge in [-0.1, -0.05) is 0 Å². The van der Waals surface area contributed by atoms with Crippen LogP contribution in [0.4, 0.5) is 0 Å². The summed E-state index contributed by atoms with van der Waals surface area (Å²) in [5, 5.41) is 49.0. The normalized spacial score (nSPS) is 28.4. The minimum atomic E-state index is -1.89. The number of carbonyl (C=O) groups is 2. The molecule has 0 aromatic heterocycles. The lowest BCUT2D eigenvalue weighted by Gasteiger charge is -2.26. The Morgan fingerprint density at radius 3 is 2.45 bits per heavy atom. The number of carbonyl (C=O) groups excluding carboxylic acids is 2. The van der Waals surface area contributed by atoms with Crippen molar-refractivity contribution in [1.29, 1.82) is 0 Å². The van der Waals surface area contributed by atoms with Crippen LogP contribution in [0.15, 0.2) is 0 Å². The van der Waals surface area contributed by atoms with Crippen molar-refractivity contribution in [3.63, 3.8) is 0 Å². The van der Waals surface area contributed by atoms with E-state index in [2.05, 4.69) is 5.32 Å². The molecular weight excluding hydrogens is 274 g/mol. The van der Waals surface area contributed by atoms with Crippen molar-refractivity contribution in [2.75, 3.05) is 13.2 Å². The molecule has 0 amide bonds. The van der Waals surface area contributed by atoms with Crippen molar-refractivity contribution in [3.05, 3.63) is 0 Å². The Morgan fingerprint density at radius 2 is 2.00 bits per heavy atom. The maximum atomic E-state index is 11.7. The monoisotopic (exact) mass is 293 g/mol. The van der Waals surface area contributed by atoms with E-state index in [1.807, 2.05) is 0 Å². The molecule has 1 fully saturated rings. The number of aliphatic hydroxyl groups excluding tert-OH is 5. The zero-order valence-electron chi connectivity index (χ0n) is 10.6. The predicted octanol–water partition coefficient (Wildman–Crippen LogP) is -4.11. The maximum absolute atomic E-state index is 11.7. The van der Waals surface area contributed by atoms with E-state index in [0.29, 0.717) is 13.0 Å². The van der Waals surface area contributed by atoms with E-state index in [0.717, 1.165) is 0 Å². The predicted molar refractivity (Wildman–Crippen MR) is 63.5 cm³/mol. The minimum Gasteiger partial charge on any atom is -0.451 e. The zero-order chi connectivity index (χ0) is 15.3. The van der Waals surface area contributed by atoms with Gasteiger partial charge in [0.25, 0.3) is 0 Å². The molecule has 9 heteroatoms. The molecule has 0 aliphatic carbocycles. The molecule has 0 aromatic rings. The molecule has 1 heterocycles. The van der Waals surface area contributed by atoms with Crippen molar-refractivity contribution < 1.29 is 39.9 Å². The number of rotatable bonds is 7. The largest absolute Gasteiger partial charge is 0.451 e. The van der Waals surface area contributed by atoms with Crippen LogP contribution in [0.5, 0.6) is 0 Å². The number of hydrogen-bond donors (Lipinski definition) is 6. The molecule has 2 unspecified atom stereocenters. The summed E-state index contributed by atoms with van der Waals surface area (Å²) in [4.78, 5) is 22.5. The third kappa shape index (κ3) is 3.95. The molecule has 1 aliphatic heterocycles. The lowest BCUT2D eigenvalue weighted by Crippen LogP contribution is -2.50. The first-order chi connectivity index (χ1) is 9.42. The van der Waals surface area contributed by atoms with Crippen LogP contribution in [0.3, 0.4) is 0 Å². The fraction of sp³-hybridized carbons (Fsp3) is 0.818. The van der Waals surface area contributed by atoms with E-state index in [-0.39, 0.29) is 6.29 Å². The summed E-state index contributed by atoms with van der Waals surface area (Å²) in [5.74, 6) is -0.947. The molecule has 0 aromatic carbocycles. The van der Waals surface area contributed by atoms with Gasteiger partial charge in [-0.3, -0.25) is 9.59 Å². The summed E-state index contributed by atoms with van der Waals surface area (Å²) in [5.41, 5.74) is 0. The van der Waals surface area contributed by atoms with Gasteiger partial charge in [0, 0.05) is 0 Å². The smallest absolute Gasteiger partial charge is 0.326 e. The van der Waals surface area contributed by atoms with E-state index < -0.39 is 49.1 Å². The van der Waals surface area contributed by atoms with Gasteiger partial charge in [-0.25, -0.2) is 0 Å². The van der Waals surface area contributed by atoms with Crippen molar-refractivity contribution in [2.24, 2.45) is 0 Å². The molecule has 9 nitrogen and oxygen atoms in total. The fourth-order valence-electron chi connectivity index (χ4n) is 1.85. The van der Waals surface area contributed by atoms with Gasteiger partial charge in [0.15, 0.2) is 12.4 Å². The second-order valence-corrected chi connectivity index (χ2v) is 4.56. The van der Waals surface area contributed by atoms with Crippen LogP contribution in [0.1, 0.15) is 6.42 Å². The first kappa shape index (κ1) is 17.0. The number of aliphatic hydroxyl groups is 5. The van der Waals surface area contributed by atoms with Gasteiger partial charge in [0.2, 0.25) is 0 Å². The summed E-state index contributed by atoms with van der Waals surface area (Å²) in [6.07, 6.45) is -7.66. The summed E-state index contributed by atoms with van der Waals surface area (Å²) < 4.78 is 4.70. The highest BCUT2D eigenvalue weighted by Crippen LogP contribution is 2.12. The molecule has 6 atom stereocenters. The number of hydrogen-bond acceptors (Lipinski definition) is 9. The Labute approximate surface area is 114 Å². The van der Waals surface area contributed by atoms with Crippen molar-refractivity contribution in [1.82, 2.24) is 5.32 Å². The second-order valence-electron chi connectivity index (χ2n) is 4.56. The average Bonchev–Trinajstić information content (AvgIpc) is 2.88. The molecule has 0 radical (unpaired) electrons. The molecule has 6 N–H and O–H groups in total. The Hall–Kier alpha value is -1.10. The molecule has 1 aliphatic rings. The first-order valence-electron chi connectivity index (χ1n) is 6.14. The summed E-state index contributed by atoms with van der Waals surface area (Å²) in [7, 11) is 0. The Kier molecular flexibility index (Phi) is 6.46. The molecular formula is C11H19NO8. The van der Waals surface area contributed by atoms with Gasteiger partial charge < -0.3 is 35.6 Å². The SMILES string of the molecule is O=C[C@H](OC(=O)C1NCCC1O)[C@@H](O)[C@H](O)[C@H](O)CO. The van der Waals surface area contributed by atoms with E-state index in [9.17, 15) is 24.9 Å². The number of esters is 1. The molecule has 1 saturated heterocycles. The Balaban J connectivity index is 2.62. The van der Waals surface area contributed by atoms with Crippen LogP contribution >= 0.6 is 0 Å². The van der Waals surface area contributed by atoms with Crippen molar-refractivity contribution >= 4 is 12.3 Å². The van der Waals surface area contributed by atoms with Gasteiger partial charge in [0.05, 0.1) is 12.7 Å². The summed E-state index contributed by atoms with van der Waals surface area (Å²) in [6, 6.07) is -1.01. The van der Waals surface area contributed by atoms with Crippen LogP contribution in [0.2, 0.25) is 0 Å². The highest BCUT2D eigenvalue weighted by molar-refractivity contribution is 5.79. The van der Waals surface area contributed by atoms with E-state index >= 15 is 0 Å². The van der Waals surface area contributed by atoms with Crippen LogP contribution in [-0.2, 0) is 14.3 Å². The van der Waals surface area contributed by atoms with Gasteiger partial charge >= 0.3 is 5.97 Å². The van der Waals surface area contributed by atoms with Gasteiger partial charge in [-0.05, 0) is 13.0 Å². The van der Waals surface area contributed by atoms with Crippen LogP contribution in [0.25, 0.3) is 0 Å². The number of ether oxygens (including phenoxy) is 1. The minimum absolute atomic E-state index is 0.0945. The molecule has 0 bridgehead atoms. The van der Waals surface area contributed by atoms with Crippen LogP contribution < -0.4 is 5.32 Å². The Morgan fingerprint density at radius 1 is 1.35 bits per heavy atom. The van der Waals surface area contributed by atoms with Gasteiger partial charge in [-0.2, -0.15) is 0 Å². The quantitative estimate of drug-likeness (QED) is 0.203. The third-order valence-corrected chi connectivity index (χ3v) is 3.10. The van der Waals surface area contributed by atoms with Crippen LogP contribution in [-0.4, -0.2) is 87.5 Å². The van der Waals surface area contributed by atoms with E-state index in [1.165, 1.54) is 0 Å². The maximum Gasteiger partial charge on any atom is 0.326 e. The molecule has 116 valence electrons. The first-order valence-corrected chi connectivity index (χ1v) is 6.14. The zero-order valence-corrected chi connectivity index (χ0v) is 10.6. The lowest BCUT2D eigenvalue weighted by atomic mass is 10.0. The topological polar surface area (TPSA) is 157 Å². The molecule has 0 spiro atoms.